The molecule has 6 nitrogen and oxygen atoms in total. The average molecular weight is 470 g/mol. The van der Waals surface area contributed by atoms with Crippen LogP contribution in [-0.4, -0.2) is 47.2 Å². The van der Waals surface area contributed by atoms with Gasteiger partial charge >= 0.3 is 0 Å². The molecular formula is C25H28FN3O3S. The second kappa shape index (κ2) is 10.3. The minimum Gasteiger partial charge on any atom is -0.495 e. The molecule has 1 aliphatic rings. The van der Waals surface area contributed by atoms with Crippen molar-refractivity contribution in [1.82, 2.24) is 9.97 Å². The van der Waals surface area contributed by atoms with Gasteiger partial charge in [0.05, 0.1) is 29.4 Å². The fourth-order valence-electron chi connectivity index (χ4n) is 3.93. The van der Waals surface area contributed by atoms with Gasteiger partial charge in [-0.05, 0) is 53.8 Å². The largest absolute Gasteiger partial charge is 0.495 e. The topological polar surface area (TPSA) is 64.6 Å². The average Bonchev–Trinajstić information content (AvgIpc) is 3.32. The first-order chi connectivity index (χ1) is 16.0. The first-order valence-corrected chi connectivity index (χ1v) is 12.5. The molecule has 1 saturated heterocycles. The summed E-state index contributed by atoms with van der Waals surface area (Å²) in [7, 11) is 0.367. The van der Waals surface area contributed by atoms with Crippen LogP contribution >= 0.6 is 0 Å². The van der Waals surface area contributed by atoms with Crippen molar-refractivity contribution in [3.05, 3.63) is 60.2 Å². The van der Waals surface area contributed by atoms with Crippen molar-refractivity contribution >= 4 is 16.7 Å². The van der Waals surface area contributed by atoms with E-state index in [1.165, 1.54) is 13.2 Å². The summed E-state index contributed by atoms with van der Waals surface area (Å²) in [5, 5.41) is 0. The predicted octanol–water partition coefficient (Wildman–Crippen LogP) is 4.50. The minimum absolute atomic E-state index is 0.235. The number of hydrogen-bond donors (Lipinski definition) is 0. The predicted molar refractivity (Wildman–Crippen MR) is 128 cm³/mol. The highest BCUT2D eigenvalue weighted by atomic mass is 32.2. The minimum atomic E-state index is -1.16. The van der Waals surface area contributed by atoms with Gasteiger partial charge in [-0.3, -0.25) is 4.21 Å². The lowest BCUT2D eigenvalue weighted by atomic mass is 10.0. The molecule has 2 aromatic carbocycles. The lowest BCUT2D eigenvalue weighted by molar-refractivity contribution is 0.250. The summed E-state index contributed by atoms with van der Waals surface area (Å²) in [6.07, 6.45) is 7.20. The van der Waals surface area contributed by atoms with E-state index in [4.69, 9.17) is 9.47 Å². The Kier molecular flexibility index (Phi) is 7.23. The van der Waals surface area contributed by atoms with Crippen molar-refractivity contribution in [2.45, 2.75) is 24.7 Å². The van der Waals surface area contributed by atoms with E-state index in [1.54, 1.807) is 24.5 Å². The summed E-state index contributed by atoms with van der Waals surface area (Å²) in [6, 6.07) is 10.3. The third-order valence-corrected chi connectivity index (χ3v) is 6.84. The highest BCUT2D eigenvalue weighted by molar-refractivity contribution is 7.84. The fourth-order valence-corrected chi connectivity index (χ4v) is 4.62. The zero-order valence-electron chi connectivity index (χ0n) is 19.1. The summed E-state index contributed by atoms with van der Waals surface area (Å²) >= 11 is 0. The van der Waals surface area contributed by atoms with Crippen molar-refractivity contribution < 1.29 is 18.1 Å². The fraction of sp³-hybridized carbons (Fsp3) is 0.360. The third-order valence-electron chi connectivity index (χ3n) is 5.88. The first-order valence-electron chi connectivity index (χ1n) is 11.0. The second-order valence-electron chi connectivity index (χ2n) is 8.12. The molecule has 0 unspecified atom stereocenters. The van der Waals surface area contributed by atoms with Crippen LogP contribution in [0.1, 0.15) is 18.9 Å². The molecule has 0 spiro atoms. The summed E-state index contributed by atoms with van der Waals surface area (Å²) in [5.74, 6) is 1.36. The van der Waals surface area contributed by atoms with Gasteiger partial charge in [0.1, 0.15) is 5.75 Å². The molecular weight excluding hydrogens is 441 g/mol. The molecule has 0 amide bonds. The van der Waals surface area contributed by atoms with Gasteiger partial charge in [-0.25, -0.2) is 14.4 Å². The molecule has 2 heterocycles. The van der Waals surface area contributed by atoms with Crippen LogP contribution in [0.4, 0.5) is 10.3 Å². The normalized spacial score (nSPS) is 16.6. The van der Waals surface area contributed by atoms with Crippen molar-refractivity contribution in [1.29, 1.82) is 0 Å². The molecule has 3 aromatic rings. The number of aromatic nitrogens is 2. The maximum atomic E-state index is 14.8. The van der Waals surface area contributed by atoms with Crippen LogP contribution in [-0.2, 0) is 17.2 Å². The SMILES string of the molecule is CCc1cnc(N2CC[C@H](COc3ccc(-c4ccc([S@](C)=O)c(OC)c4)cc3F)C2)nc1. The van der Waals surface area contributed by atoms with Gasteiger partial charge in [-0.2, -0.15) is 0 Å². The lowest BCUT2D eigenvalue weighted by Crippen LogP contribution is -2.23. The van der Waals surface area contributed by atoms with Gasteiger partial charge in [0.2, 0.25) is 5.95 Å². The van der Waals surface area contributed by atoms with E-state index in [0.717, 1.165) is 43.0 Å². The zero-order valence-corrected chi connectivity index (χ0v) is 19.9. The summed E-state index contributed by atoms with van der Waals surface area (Å²) < 4.78 is 37.8. The Bertz CT molecular complexity index is 1140. The number of halogens is 1. The Morgan fingerprint density at radius 3 is 2.52 bits per heavy atom. The molecule has 2 atom stereocenters. The van der Waals surface area contributed by atoms with E-state index in [0.29, 0.717) is 22.8 Å². The number of ether oxygens (including phenoxy) is 2. The molecule has 4 rings (SSSR count). The second-order valence-corrected chi connectivity index (χ2v) is 9.47. The van der Waals surface area contributed by atoms with E-state index >= 15 is 0 Å². The van der Waals surface area contributed by atoms with Crippen molar-refractivity contribution in [3.8, 4) is 22.6 Å². The molecule has 33 heavy (non-hydrogen) atoms. The van der Waals surface area contributed by atoms with Crippen molar-refractivity contribution in [2.75, 3.05) is 38.0 Å². The molecule has 1 aromatic heterocycles. The highest BCUT2D eigenvalue weighted by Gasteiger charge is 2.25. The number of hydrogen-bond acceptors (Lipinski definition) is 6. The van der Waals surface area contributed by atoms with Crippen LogP contribution in [0.25, 0.3) is 11.1 Å². The van der Waals surface area contributed by atoms with Crippen LogP contribution < -0.4 is 14.4 Å². The van der Waals surface area contributed by atoms with E-state index in [-0.39, 0.29) is 11.7 Å². The molecule has 1 aliphatic heterocycles. The van der Waals surface area contributed by atoms with E-state index < -0.39 is 16.6 Å². The standard InChI is InChI=1S/C25H28FN3O3S/c1-4-17-13-27-25(28-14-17)29-10-9-18(15-29)16-32-22-7-5-19(11-21(22)26)20-6-8-24(33(3)30)23(12-20)31-2/h5-8,11-14,18H,4,9-10,15-16H2,1-3H3/t18-,33-/m0/s1. The Hall–Kier alpha value is -3.00. The lowest BCUT2D eigenvalue weighted by Gasteiger charge is -2.17. The Labute approximate surface area is 196 Å². The quantitative estimate of drug-likeness (QED) is 0.484. The van der Waals surface area contributed by atoms with Crippen molar-refractivity contribution in [3.63, 3.8) is 0 Å². The molecule has 0 bridgehead atoms. The van der Waals surface area contributed by atoms with Crippen LogP contribution in [0.3, 0.4) is 0 Å². The third kappa shape index (κ3) is 5.33. The Balaban J connectivity index is 1.38. The van der Waals surface area contributed by atoms with Gasteiger partial charge < -0.3 is 14.4 Å². The zero-order chi connectivity index (χ0) is 23.4. The monoisotopic (exact) mass is 469 g/mol. The molecule has 0 aliphatic carbocycles. The van der Waals surface area contributed by atoms with Gasteiger partial charge in [-0.1, -0.05) is 19.1 Å². The molecule has 174 valence electrons. The van der Waals surface area contributed by atoms with Crippen LogP contribution in [0.5, 0.6) is 11.5 Å². The smallest absolute Gasteiger partial charge is 0.225 e. The van der Waals surface area contributed by atoms with E-state index in [9.17, 15) is 8.60 Å². The number of methoxy groups -OCH3 is 1. The number of rotatable bonds is 8. The number of benzene rings is 2. The maximum absolute atomic E-state index is 14.8. The molecule has 0 radical (unpaired) electrons. The van der Waals surface area contributed by atoms with Gasteiger partial charge in [-0.15, -0.1) is 0 Å². The van der Waals surface area contributed by atoms with Crippen LogP contribution in [0.15, 0.2) is 53.7 Å². The summed E-state index contributed by atoms with van der Waals surface area (Å²) in [4.78, 5) is 11.7. The first kappa shape index (κ1) is 23.2. The molecule has 1 fully saturated rings. The maximum Gasteiger partial charge on any atom is 0.225 e. The van der Waals surface area contributed by atoms with E-state index in [1.807, 2.05) is 24.5 Å². The van der Waals surface area contributed by atoms with Gasteiger partial charge in [0.25, 0.3) is 0 Å². The summed E-state index contributed by atoms with van der Waals surface area (Å²) in [5.41, 5.74) is 2.60. The Morgan fingerprint density at radius 1 is 1.12 bits per heavy atom. The molecule has 8 heteroatoms. The van der Waals surface area contributed by atoms with Crippen LogP contribution in [0, 0.1) is 11.7 Å². The van der Waals surface area contributed by atoms with E-state index in [2.05, 4.69) is 21.8 Å². The molecule has 0 saturated carbocycles. The summed E-state index contributed by atoms with van der Waals surface area (Å²) in [6.45, 7) is 4.16. The number of nitrogens with zero attached hydrogens (tertiary/aromatic N) is 3. The van der Waals surface area contributed by atoms with Crippen molar-refractivity contribution in [2.24, 2.45) is 5.92 Å². The highest BCUT2D eigenvalue weighted by Crippen LogP contribution is 2.31. The molecule has 0 N–H and O–H groups in total. The van der Waals surface area contributed by atoms with Gasteiger partial charge in [0.15, 0.2) is 11.6 Å². The van der Waals surface area contributed by atoms with Crippen LogP contribution in [0.2, 0.25) is 0 Å². The number of anilines is 1. The van der Waals surface area contributed by atoms with Gasteiger partial charge in [0, 0.05) is 37.7 Å². The Morgan fingerprint density at radius 2 is 1.85 bits per heavy atom. The number of aryl methyl sites for hydroxylation is 1.